The van der Waals surface area contributed by atoms with Gasteiger partial charge in [-0.2, -0.15) is 0 Å². The van der Waals surface area contributed by atoms with Crippen molar-refractivity contribution >= 4 is 5.78 Å². The molecule has 0 saturated heterocycles. The highest BCUT2D eigenvalue weighted by Gasteiger charge is 2.30. The summed E-state index contributed by atoms with van der Waals surface area (Å²) in [6.07, 6.45) is 4.57. The van der Waals surface area contributed by atoms with Gasteiger partial charge in [-0.25, -0.2) is 4.39 Å². The third-order valence-corrected chi connectivity index (χ3v) is 3.68. The first-order chi connectivity index (χ1) is 9.65. The predicted octanol–water partition coefficient (Wildman–Crippen LogP) is 3.28. The van der Waals surface area contributed by atoms with Gasteiger partial charge in [-0.1, -0.05) is 13.3 Å². The molecule has 0 amide bonds. The first-order valence-corrected chi connectivity index (χ1v) is 7.26. The largest absolute Gasteiger partial charge is 0.494 e. The average Bonchev–Trinajstić information content (AvgIpc) is 3.27. The predicted molar refractivity (Wildman–Crippen MR) is 76.8 cm³/mol. The van der Waals surface area contributed by atoms with E-state index in [1.807, 2.05) is 0 Å². The summed E-state index contributed by atoms with van der Waals surface area (Å²) in [5, 5.41) is 0. The summed E-state index contributed by atoms with van der Waals surface area (Å²) >= 11 is 0. The molecule has 0 atom stereocenters. The number of halogens is 1. The molecule has 1 fully saturated rings. The van der Waals surface area contributed by atoms with E-state index in [9.17, 15) is 9.18 Å². The van der Waals surface area contributed by atoms with E-state index in [0.29, 0.717) is 18.2 Å². The SMILES string of the molecule is CCCCN(CC(=O)c1ccc(OC)c(F)c1)C1CC1. The second kappa shape index (κ2) is 6.84. The van der Waals surface area contributed by atoms with E-state index in [4.69, 9.17) is 4.74 Å². The minimum atomic E-state index is -0.482. The van der Waals surface area contributed by atoms with Crippen molar-refractivity contribution in [1.29, 1.82) is 0 Å². The normalized spacial score (nSPS) is 14.6. The maximum absolute atomic E-state index is 13.6. The van der Waals surface area contributed by atoms with Crippen molar-refractivity contribution in [2.45, 2.75) is 38.6 Å². The van der Waals surface area contributed by atoms with Crippen LogP contribution in [0, 0.1) is 5.82 Å². The lowest BCUT2D eigenvalue weighted by molar-refractivity contribution is 0.0923. The lowest BCUT2D eigenvalue weighted by Gasteiger charge is -2.20. The Morgan fingerprint density at radius 2 is 2.20 bits per heavy atom. The molecule has 0 aliphatic heterocycles. The van der Waals surface area contributed by atoms with E-state index < -0.39 is 5.82 Å². The Morgan fingerprint density at radius 3 is 2.75 bits per heavy atom. The van der Waals surface area contributed by atoms with Crippen LogP contribution in [0.15, 0.2) is 18.2 Å². The van der Waals surface area contributed by atoms with Crippen LogP contribution in [0.4, 0.5) is 4.39 Å². The summed E-state index contributed by atoms with van der Waals surface area (Å²) in [6, 6.07) is 4.96. The molecule has 1 aromatic carbocycles. The molecule has 0 spiro atoms. The number of Topliss-reactive ketones (excluding diaryl/α,β-unsaturated/α-hetero) is 1. The second-order valence-corrected chi connectivity index (χ2v) is 5.33. The third kappa shape index (κ3) is 3.79. The van der Waals surface area contributed by atoms with Crippen LogP contribution in [-0.2, 0) is 0 Å². The Hall–Kier alpha value is -1.42. The Bertz CT molecular complexity index is 472. The fourth-order valence-corrected chi connectivity index (χ4v) is 2.31. The van der Waals surface area contributed by atoms with E-state index in [1.54, 1.807) is 6.07 Å². The Morgan fingerprint density at radius 1 is 1.45 bits per heavy atom. The number of ether oxygens (including phenoxy) is 1. The molecule has 1 saturated carbocycles. The zero-order valence-corrected chi connectivity index (χ0v) is 12.2. The number of unbranched alkanes of at least 4 members (excludes halogenated alkanes) is 1. The number of hydrogen-bond donors (Lipinski definition) is 0. The molecular weight excluding hydrogens is 257 g/mol. The monoisotopic (exact) mass is 279 g/mol. The quantitative estimate of drug-likeness (QED) is 0.684. The van der Waals surface area contributed by atoms with Gasteiger partial charge in [0.2, 0.25) is 0 Å². The smallest absolute Gasteiger partial charge is 0.176 e. The first kappa shape index (κ1) is 15.0. The molecule has 0 N–H and O–H groups in total. The molecule has 0 bridgehead atoms. The highest BCUT2D eigenvalue weighted by molar-refractivity contribution is 5.97. The third-order valence-electron chi connectivity index (χ3n) is 3.68. The first-order valence-electron chi connectivity index (χ1n) is 7.26. The molecular formula is C16H22FNO2. The van der Waals surface area contributed by atoms with E-state index in [2.05, 4.69) is 11.8 Å². The number of benzene rings is 1. The van der Waals surface area contributed by atoms with Crippen LogP contribution in [0.5, 0.6) is 5.75 Å². The molecule has 0 unspecified atom stereocenters. The topological polar surface area (TPSA) is 29.5 Å². The fraction of sp³-hybridized carbons (Fsp3) is 0.562. The van der Waals surface area contributed by atoms with Crippen molar-refractivity contribution in [3.05, 3.63) is 29.6 Å². The Kier molecular flexibility index (Phi) is 5.12. The Balaban J connectivity index is 2.00. The van der Waals surface area contributed by atoms with Crippen molar-refractivity contribution < 1.29 is 13.9 Å². The van der Waals surface area contributed by atoms with Crippen molar-refractivity contribution in [2.24, 2.45) is 0 Å². The van der Waals surface area contributed by atoms with Gasteiger partial charge in [-0.05, 0) is 44.0 Å². The summed E-state index contributed by atoms with van der Waals surface area (Å²) in [4.78, 5) is 14.5. The number of hydrogen-bond acceptors (Lipinski definition) is 3. The van der Waals surface area contributed by atoms with Crippen molar-refractivity contribution in [2.75, 3.05) is 20.2 Å². The van der Waals surface area contributed by atoms with Gasteiger partial charge in [-0.15, -0.1) is 0 Å². The Labute approximate surface area is 119 Å². The standard InChI is InChI=1S/C16H22FNO2/c1-3-4-9-18(13-6-7-13)11-15(19)12-5-8-16(20-2)14(17)10-12/h5,8,10,13H,3-4,6-7,9,11H2,1-2H3. The van der Waals surface area contributed by atoms with Crippen LogP contribution in [0.1, 0.15) is 43.0 Å². The molecule has 1 aliphatic carbocycles. The van der Waals surface area contributed by atoms with Gasteiger partial charge in [-0.3, -0.25) is 9.69 Å². The minimum Gasteiger partial charge on any atom is -0.494 e. The summed E-state index contributed by atoms with van der Waals surface area (Å²) < 4.78 is 18.5. The van der Waals surface area contributed by atoms with Crippen molar-refractivity contribution in [3.63, 3.8) is 0 Å². The number of carbonyl (C=O) groups is 1. The lowest BCUT2D eigenvalue weighted by Crippen LogP contribution is -2.32. The van der Waals surface area contributed by atoms with Crippen LogP contribution < -0.4 is 4.74 Å². The second-order valence-electron chi connectivity index (χ2n) is 5.33. The summed E-state index contributed by atoms with van der Waals surface area (Å²) in [7, 11) is 1.42. The molecule has 110 valence electrons. The van der Waals surface area contributed by atoms with Gasteiger partial charge in [0, 0.05) is 11.6 Å². The highest BCUT2D eigenvalue weighted by atomic mass is 19.1. The van der Waals surface area contributed by atoms with Gasteiger partial charge in [0.15, 0.2) is 17.3 Å². The fourth-order valence-electron chi connectivity index (χ4n) is 2.31. The number of ketones is 1. The number of rotatable bonds is 8. The van der Waals surface area contributed by atoms with Gasteiger partial charge in [0.05, 0.1) is 13.7 Å². The number of carbonyl (C=O) groups excluding carboxylic acids is 1. The zero-order chi connectivity index (χ0) is 14.5. The van der Waals surface area contributed by atoms with Crippen molar-refractivity contribution in [1.82, 2.24) is 4.90 Å². The van der Waals surface area contributed by atoms with E-state index in [-0.39, 0.29) is 11.5 Å². The summed E-state index contributed by atoms with van der Waals surface area (Å²) in [5.41, 5.74) is 0.422. The highest BCUT2D eigenvalue weighted by Crippen LogP contribution is 2.27. The molecule has 2 rings (SSSR count). The van der Waals surface area contributed by atoms with Crippen LogP contribution in [-0.4, -0.2) is 36.9 Å². The number of nitrogens with zero attached hydrogens (tertiary/aromatic N) is 1. The van der Waals surface area contributed by atoms with Crippen LogP contribution >= 0.6 is 0 Å². The summed E-state index contributed by atoms with van der Waals surface area (Å²) in [6.45, 7) is 3.48. The van der Waals surface area contributed by atoms with Crippen LogP contribution in [0.2, 0.25) is 0 Å². The van der Waals surface area contributed by atoms with Crippen molar-refractivity contribution in [3.8, 4) is 5.75 Å². The lowest BCUT2D eigenvalue weighted by atomic mass is 10.1. The average molecular weight is 279 g/mol. The van der Waals surface area contributed by atoms with Gasteiger partial charge in [0.1, 0.15) is 0 Å². The van der Waals surface area contributed by atoms with E-state index in [1.165, 1.54) is 32.1 Å². The zero-order valence-electron chi connectivity index (χ0n) is 12.2. The molecule has 0 aromatic heterocycles. The molecule has 0 heterocycles. The van der Waals surface area contributed by atoms with Gasteiger partial charge >= 0.3 is 0 Å². The van der Waals surface area contributed by atoms with Gasteiger partial charge < -0.3 is 4.74 Å². The van der Waals surface area contributed by atoms with Gasteiger partial charge in [0.25, 0.3) is 0 Å². The maximum atomic E-state index is 13.6. The molecule has 3 nitrogen and oxygen atoms in total. The molecule has 20 heavy (non-hydrogen) atoms. The minimum absolute atomic E-state index is 0.0189. The molecule has 1 aliphatic rings. The van der Waals surface area contributed by atoms with Crippen LogP contribution in [0.3, 0.4) is 0 Å². The molecule has 0 radical (unpaired) electrons. The maximum Gasteiger partial charge on any atom is 0.176 e. The molecule has 1 aromatic rings. The summed E-state index contributed by atoms with van der Waals surface area (Å²) in [5.74, 6) is -0.328. The number of methoxy groups -OCH3 is 1. The van der Waals surface area contributed by atoms with E-state index >= 15 is 0 Å². The molecule has 4 heteroatoms. The van der Waals surface area contributed by atoms with E-state index in [0.717, 1.165) is 19.4 Å². The van der Waals surface area contributed by atoms with Crippen LogP contribution in [0.25, 0.3) is 0 Å².